The van der Waals surface area contributed by atoms with Gasteiger partial charge in [-0.1, -0.05) is 0 Å². The Morgan fingerprint density at radius 3 is 2.70 bits per heavy atom. The SMILES string of the molecule is CC1(C)CCC2C(=O)CN21. The summed E-state index contributed by atoms with van der Waals surface area (Å²) in [4.78, 5) is 13.3. The van der Waals surface area contributed by atoms with E-state index in [1.807, 2.05) is 0 Å². The lowest BCUT2D eigenvalue weighted by Crippen LogP contribution is -2.59. The quantitative estimate of drug-likeness (QED) is 0.495. The van der Waals surface area contributed by atoms with E-state index in [0.29, 0.717) is 23.9 Å². The van der Waals surface area contributed by atoms with Gasteiger partial charge in [-0.3, -0.25) is 9.69 Å². The van der Waals surface area contributed by atoms with Crippen molar-refractivity contribution in [3.63, 3.8) is 0 Å². The molecule has 2 heteroatoms. The number of hydrogen-bond acceptors (Lipinski definition) is 2. The molecule has 1 atom stereocenters. The van der Waals surface area contributed by atoms with Crippen molar-refractivity contribution in [3.8, 4) is 0 Å². The highest BCUT2D eigenvalue weighted by Gasteiger charge is 2.50. The molecule has 0 N–H and O–H groups in total. The van der Waals surface area contributed by atoms with E-state index in [9.17, 15) is 4.79 Å². The number of nitrogens with zero attached hydrogens (tertiary/aromatic N) is 1. The van der Waals surface area contributed by atoms with Gasteiger partial charge in [-0.05, 0) is 26.7 Å². The van der Waals surface area contributed by atoms with E-state index >= 15 is 0 Å². The average molecular weight is 139 g/mol. The second kappa shape index (κ2) is 1.62. The molecule has 2 nitrogen and oxygen atoms in total. The van der Waals surface area contributed by atoms with E-state index in [1.54, 1.807) is 0 Å². The van der Waals surface area contributed by atoms with Crippen LogP contribution in [-0.4, -0.2) is 28.8 Å². The van der Waals surface area contributed by atoms with Gasteiger partial charge < -0.3 is 0 Å². The van der Waals surface area contributed by atoms with Crippen molar-refractivity contribution in [3.05, 3.63) is 0 Å². The molecule has 10 heavy (non-hydrogen) atoms. The molecule has 0 aliphatic carbocycles. The summed E-state index contributed by atoms with van der Waals surface area (Å²) in [6.07, 6.45) is 2.27. The van der Waals surface area contributed by atoms with Crippen molar-refractivity contribution in [2.24, 2.45) is 0 Å². The Hall–Kier alpha value is -0.370. The van der Waals surface area contributed by atoms with Crippen molar-refractivity contribution >= 4 is 5.78 Å². The Morgan fingerprint density at radius 1 is 1.60 bits per heavy atom. The molecular formula is C8H13NO. The van der Waals surface area contributed by atoms with E-state index in [-0.39, 0.29) is 0 Å². The molecule has 0 aromatic carbocycles. The Labute approximate surface area is 61.2 Å². The van der Waals surface area contributed by atoms with Gasteiger partial charge in [0.1, 0.15) is 0 Å². The molecular weight excluding hydrogens is 126 g/mol. The van der Waals surface area contributed by atoms with E-state index in [2.05, 4.69) is 18.7 Å². The molecule has 0 amide bonds. The average Bonchev–Trinajstić information content (AvgIpc) is 2.03. The minimum Gasteiger partial charge on any atom is -0.296 e. The molecule has 0 spiro atoms. The van der Waals surface area contributed by atoms with Gasteiger partial charge in [0.05, 0.1) is 12.6 Å². The fourth-order valence-electron chi connectivity index (χ4n) is 2.03. The van der Waals surface area contributed by atoms with Crippen molar-refractivity contribution < 1.29 is 4.79 Å². The zero-order valence-corrected chi connectivity index (χ0v) is 6.55. The monoisotopic (exact) mass is 139 g/mol. The Kier molecular flexibility index (Phi) is 1.03. The normalized spacial score (nSPS) is 37.4. The van der Waals surface area contributed by atoms with Gasteiger partial charge in [0.15, 0.2) is 5.78 Å². The third kappa shape index (κ3) is 0.601. The number of fused-ring (bicyclic) bond motifs is 1. The molecule has 0 radical (unpaired) electrons. The Balaban J connectivity index is 2.18. The highest BCUT2D eigenvalue weighted by Crippen LogP contribution is 2.38. The largest absolute Gasteiger partial charge is 0.296 e. The van der Waals surface area contributed by atoms with Crippen LogP contribution in [0.5, 0.6) is 0 Å². The Bertz CT molecular complexity index is 186. The third-order valence-corrected chi connectivity index (χ3v) is 2.88. The van der Waals surface area contributed by atoms with E-state index in [1.165, 1.54) is 6.42 Å². The molecule has 1 unspecified atom stereocenters. The molecule has 2 saturated heterocycles. The molecule has 0 aromatic heterocycles. The summed E-state index contributed by atoms with van der Waals surface area (Å²) in [5.74, 6) is 0.450. The van der Waals surface area contributed by atoms with Crippen LogP contribution in [0.25, 0.3) is 0 Å². The van der Waals surface area contributed by atoms with Crippen LogP contribution in [0.15, 0.2) is 0 Å². The number of ketones is 1. The third-order valence-electron chi connectivity index (χ3n) is 2.88. The van der Waals surface area contributed by atoms with Gasteiger partial charge in [0.25, 0.3) is 0 Å². The molecule has 2 aliphatic heterocycles. The van der Waals surface area contributed by atoms with Crippen LogP contribution in [-0.2, 0) is 4.79 Å². The van der Waals surface area contributed by atoms with Crippen LogP contribution < -0.4 is 0 Å². The summed E-state index contributed by atoms with van der Waals surface area (Å²) in [5.41, 5.74) is 0.304. The van der Waals surface area contributed by atoms with Crippen molar-refractivity contribution in [2.75, 3.05) is 6.54 Å². The van der Waals surface area contributed by atoms with Gasteiger partial charge in [0, 0.05) is 5.54 Å². The van der Waals surface area contributed by atoms with Gasteiger partial charge in [-0.2, -0.15) is 0 Å². The number of rotatable bonds is 0. The van der Waals surface area contributed by atoms with Crippen LogP contribution in [0.3, 0.4) is 0 Å². The minimum absolute atomic E-state index is 0.301. The first-order valence-electron chi connectivity index (χ1n) is 3.91. The summed E-state index contributed by atoms with van der Waals surface area (Å²) in [5, 5.41) is 0. The van der Waals surface area contributed by atoms with Crippen molar-refractivity contribution in [2.45, 2.75) is 38.3 Å². The number of hydrogen-bond donors (Lipinski definition) is 0. The molecule has 2 fully saturated rings. The van der Waals surface area contributed by atoms with Crippen LogP contribution in [0.2, 0.25) is 0 Å². The van der Waals surface area contributed by atoms with E-state index < -0.39 is 0 Å². The zero-order chi connectivity index (χ0) is 7.35. The second-order valence-electron chi connectivity index (χ2n) is 3.96. The van der Waals surface area contributed by atoms with E-state index in [4.69, 9.17) is 0 Å². The molecule has 0 aromatic rings. The van der Waals surface area contributed by atoms with Crippen molar-refractivity contribution in [1.82, 2.24) is 4.90 Å². The predicted molar refractivity (Wildman–Crippen MR) is 38.8 cm³/mol. The maximum atomic E-state index is 11.0. The molecule has 0 bridgehead atoms. The van der Waals surface area contributed by atoms with Gasteiger partial charge in [0.2, 0.25) is 0 Å². The molecule has 2 aliphatic rings. The zero-order valence-electron chi connectivity index (χ0n) is 6.55. The predicted octanol–water partition coefficient (Wildman–Crippen LogP) is 0.812. The highest BCUT2D eigenvalue weighted by atomic mass is 16.1. The van der Waals surface area contributed by atoms with Gasteiger partial charge in [-0.25, -0.2) is 0 Å². The lowest BCUT2D eigenvalue weighted by Gasteiger charge is -2.41. The number of carbonyl (C=O) groups is 1. The maximum Gasteiger partial charge on any atom is 0.163 e. The van der Waals surface area contributed by atoms with Crippen LogP contribution >= 0.6 is 0 Å². The lowest BCUT2D eigenvalue weighted by atomic mass is 10.0. The fraction of sp³-hybridized carbons (Fsp3) is 0.875. The highest BCUT2D eigenvalue weighted by molar-refractivity contribution is 5.92. The summed E-state index contributed by atoms with van der Waals surface area (Å²) in [6.45, 7) is 5.15. The molecule has 2 heterocycles. The van der Waals surface area contributed by atoms with Gasteiger partial charge in [-0.15, -0.1) is 0 Å². The molecule has 56 valence electrons. The first-order chi connectivity index (χ1) is 4.61. The number of carbonyl (C=O) groups excluding carboxylic acids is 1. The summed E-state index contributed by atoms with van der Waals surface area (Å²) >= 11 is 0. The second-order valence-corrected chi connectivity index (χ2v) is 3.96. The van der Waals surface area contributed by atoms with Gasteiger partial charge >= 0.3 is 0 Å². The lowest BCUT2D eigenvalue weighted by molar-refractivity contribution is -0.137. The first kappa shape index (κ1) is 6.35. The summed E-state index contributed by atoms with van der Waals surface area (Å²) < 4.78 is 0. The number of Topliss-reactive ketones (excluding diaryl/α,β-unsaturated/α-hetero) is 1. The first-order valence-corrected chi connectivity index (χ1v) is 3.91. The van der Waals surface area contributed by atoms with Crippen LogP contribution in [0, 0.1) is 0 Å². The van der Waals surface area contributed by atoms with Crippen molar-refractivity contribution in [1.29, 1.82) is 0 Å². The van der Waals surface area contributed by atoms with Crippen LogP contribution in [0.4, 0.5) is 0 Å². The Morgan fingerprint density at radius 2 is 2.30 bits per heavy atom. The fourth-order valence-corrected chi connectivity index (χ4v) is 2.03. The summed E-state index contributed by atoms with van der Waals surface area (Å²) in [7, 11) is 0. The van der Waals surface area contributed by atoms with Crippen LogP contribution in [0.1, 0.15) is 26.7 Å². The molecule has 0 saturated carbocycles. The topological polar surface area (TPSA) is 20.3 Å². The minimum atomic E-state index is 0.301. The maximum absolute atomic E-state index is 11.0. The smallest absolute Gasteiger partial charge is 0.163 e. The summed E-state index contributed by atoms with van der Waals surface area (Å²) in [6, 6.07) is 0.301. The van der Waals surface area contributed by atoms with E-state index in [0.717, 1.165) is 6.42 Å². The molecule has 2 rings (SSSR count). The standard InChI is InChI=1S/C8H13NO/c1-8(2)4-3-6-7(10)5-9(6)8/h6H,3-5H2,1-2H3.